The van der Waals surface area contributed by atoms with E-state index in [2.05, 4.69) is 5.32 Å². The van der Waals surface area contributed by atoms with Gasteiger partial charge >= 0.3 is 0 Å². The highest BCUT2D eigenvalue weighted by molar-refractivity contribution is 7.89. The van der Waals surface area contributed by atoms with E-state index in [4.69, 9.17) is 0 Å². The van der Waals surface area contributed by atoms with Crippen LogP contribution in [0.4, 0.5) is 0 Å². The molecular formula is C10H20N2O2S. The van der Waals surface area contributed by atoms with Gasteiger partial charge in [0.25, 0.3) is 0 Å². The minimum absolute atomic E-state index is 0.352. The van der Waals surface area contributed by atoms with Gasteiger partial charge in [-0.3, -0.25) is 0 Å². The van der Waals surface area contributed by atoms with Crippen molar-refractivity contribution in [3.63, 3.8) is 0 Å². The zero-order valence-corrected chi connectivity index (χ0v) is 9.93. The topological polar surface area (TPSA) is 49.4 Å². The van der Waals surface area contributed by atoms with Crippen LogP contribution in [-0.4, -0.2) is 44.2 Å². The molecule has 1 unspecified atom stereocenters. The summed E-state index contributed by atoms with van der Waals surface area (Å²) >= 11 is 0. The first kappa shape index (κ1) is 11.4. The second kappa shape index (κ2) is 4.80. The first-order valence-corrected chi connectivity index (χ1v) is 7.50. The first-order chi connectivity index (χ1) is 7.18. The van der Waals surface area contributed by atoms with E-state index in [1.54, 1.807) is 4.31 Å². The fraction of sp³-hybridized carbons (Fsp3) is 1.00. The molecule has 0 radical (unpaired) electrons. The Bertz CT molecular complexity index is 297. The van der Waals surface area contributed by atoms with E-state index in [1.807, 2.05) is 0 Å². The molecule has 1 atom stereocenters. The van der Waals surface area contributed by atoms with Crippen LogP contribution < -0.4 is 5.32 Å². The fourth-order valence-corrected chi connectivity index (χ4v) is 3.96. The van der Waals surface area contributed by atoms with E-state index in [0.29, 0.717) is 18.3 Å². The maximum absolute atomic E-state index is 11.5. The monoisotopic (exact) mass is 232 g/mol. The predicted molar refractivity (Wildman–Crippen MR) is 60.2 cm³/mol. The van der Waals surface area contributed by atoms with Gasteiger partial charge in [-0.25, -0.2) is 12.7 Å². The lowest BCUT2D eigenvalue weighted by Crippen LogP contribution is -2.37. The molecule has 0 saturated carbocycles. The third-order valence-corrected chi connectivity index (χ3v) is 5.30. The molecule has 0 aromatic carbocycles. The van der Waals surface area contributed by atoms with Crippen LogP contribution in [0.15, 0.2) is 0 Å². The molecule has 1 N–H and O–H groups in total. The summed E-state index contributed by atoms with van der Waals surface area (Å²) in [4.78, 5) is 0. The number of hydrogen-bond acceptors (Lipinski definition) is 3. The summed E-state index contributed by atoms with van der Waals surface area (Å²) in [6.45, 7) is 2.53. The average molecular weight is 232 g/mol. The predicted octanol–water partition coefficient (Wildman–Crippen LogP) is 0.554. The molecule has 0 aromatic heterocycles. The zero-order chi connectivity index (χ0) is 10.7. The van der Waals surface area contributed by atoms with Crippen molar-refractivity contribution in [1.29, 1.82) is 0 Å². The number of nitrogens with one attached hydrogen (secondary N) is 1. The largest absolute Gasteiger partial charge is 0.314 e. The van der Waals surface area contributed by atoms with Gasteiger partial charge in [0, 0.05) is 19.1 Å². The highest BCUT2D eigenvalue weighted by Crippen LogP contribution is 2.16. The van der Waals surface area contributed by atoms with Crippen LogP contribution in [0.2, 0.25) is 0 Å². The molecule has 15 heavy (non-hydrogen) atoms. The molecule has 2 rings (SSSR count). The SMILES string of the molecule is O=S1(=O)CCCN1CCC1CCCCN1. The molecule has 4 nitrogen and oxygen atoms in total. The Kier molecular flexibility index (Phi) is 3.64. The first-order valence-electron chi connectivity index (χ1n) is 5.90. The maximum atomic E-state index is 11.5. The summed E-state index contributed by atoms with van der Waals surface area (Å²) in [5, 5.41) is 3.45. The molecule has 0 bridgehead atoms. The molecule has 2 aliphatic rings. The molecule has 0 spiro atoms. The molecule has 2 fully saturated rings. The Morgan fingerprint density at radius 1 is 1.27 bits per heavy atom. The smallest absolute Gasteiger partial charge is 0.214 e. The van der Waals surface area contributed by atoms with Crippen LogP contribution in [0, 0.1) is 0 Å². The summed E-state index contributed by atoms with van der Waals surface area (Å²) in [5.74, 6) is 0.352. The third-order valence-electron chi connectivity index (χ3n) is 3.34. The van der Waals surface area contributed by atoms with Crippen LogP contribution in [0.25, 0.3) is 0 Å². The maximum Gasteiger partial charge on any atom is 0.214 e. The summed E-state index contributed by atoms with van der Waals surface area (Å²) in [7, 11) is -2.88. The Morgan fingerprint density at radius 3 is 2.73 bits per heavy atom. The normalized spacial score (nSPS) is 31.9. The van der Waals surface area contributed by atoms with Gasteiger partial charge in [-0.2, -0.15) is 0 Å². The van der Waals surface area contributed by atoms with E-state index in [9.17, 15) is 8.42 Å². The number of piperidine rings is 1. The Balaban J connectivity index is 1.77. The van der Waals surface area contributed by atoms with E-state index in [-0.39, 0.29) is 0 Å². The number of sulfonamides is 1. The second-order valence-corrected chi connectivity index (χ2v) is 6.59. The van der Waals surface area contributed by atoms with Crippen LogP contribution in [0.3, 0.4) is 0 Å². The highest BCUT2D eigenvalue weighted by atomic mass is 32.2. The van der Waals surface area contributed by atoms with Crippen molar-refractivity contribution in [2.75, 3.05) is 25.4 Å². The van der Waals surface area contributed by atoms with Gasteiger partial charge in [0.1, 0.15) is 0 Å². The van der Waals surface area contributed by atoms with E-state index >= 15 is 0 Å². The molecule has 0 aromatic rings. The molecule has 5 heteroatoms. The van der Waals surface area contributed by atoms with Crippen molar-refractivity contribution < 1.29 is 8.42 Å². The summed E-state index contributed by atoms with van der Waals surface area (Å²) in [5.41, 5.74) is 0. The lowest BCUT2D eigenvalue weighted by Gasteiger charge is -2.25. The zero-order valence-electron chi connectivity index (χ0n) is 9.11. The Hall–Kier alpha value is -0.130. The van der Waals surface area contributed by atoms with Crippen LogP contribution >= 0.6 is 0 Å². The lowest BCUT2D eigenvalue weighted by atomic mass is 10.0. The second-order valence-electron chi connectivity index (χ2n) is 4.50. The van der Waals surface area contributed by atoms with Crippen LogP contribution in [0.1, 0.15) is 32.1 Å². The van der Waals surface area contributed by atoms with Gasteiger partial charge in [-0.15, -0.1) is 0 Å². The van der Waals surface area contributed by atoms with Gasteiger partial charge in [-0.05, 0) is 32.2 Å². The minimum Gasteiger partial charge on any atom is -0.314 e. The van der Waals surface area contributed by atoms with E-state index in [0.717, 1.165) is 25.9 Å². The highest BCUT2D eigenvalue weighted by Gasteiger charge is 2.28. The van der Waals surface area contributed by atoms with Gasteiger partial charge in [0.15, 0.2) is 0 Å². The molecule has 0 amide bonds. The number of rotatable bonds is 3. The van der Waals surface area contributed by atoms with Crippen molar-refractivity contribution in [1.82, 2.24) is 9.62 Å². The molecule has 2 aliphatic heterocycles. The molecular weight excluding hydrogens is 212 g/mol. The van der Waals surface area contributed by atoms with E-state index in [1.165, 1.54) is 19.3 Å². The lowest BCUT2D eigenvalue weighted by molar-refractivity contribution is 0.342. The van der Waals surface area contributed by atoms with Crippen LogP contribution in [0.5, 0.6) is 0 Å². The van der Waals surface area contributed by atoms with Crippen molar-refractivity contribution in [3.8, 4) is 0 Å². The van der Waals surface area contributed by atoms with E-state index < -0.39 is 10.0 Å². The van der Waals surface area contributed by atoms with Gasteiger partial charge in [0.05, 0.1) is 5.75 Å². The van der Waals surface area contributed by atoms with Crippen LogP contribution in [-0.2, 0) is 10.0 Å². The molecule has 88 valence electrons. The average Bonchev–Trinajstić information content (AvgIpc) is 2.56. The van der Waals surface area contributed by atoms with Crippen molar-refractivity contribution in [3.05, 3.63) is 0 Å². The summed E-state index contributed by atoms with van der Waals surface area (Å²) in [6.07, 6.45) is 5.52. The van der Waals surface area contributed by atoms with Gasteiger partial charge in [-0.1, -0.05) is 6.42 Å². The minimum atomic E-state index is -2.88. The van der Waals surface area contributed by atoms with Gasteiger partial charge in [0.2, 0.25) is 10.0 Å². The molecule has 2 saturated heterocycles. The third kappa shape index (κ3) is 2.92. The number of hydrogen-bond donors (Lipinski definition) is 1. The van der Waals surface area contributed by atoms with Gasteiger partial charge < -0.3 is 5.32 Å². The Labute approximate surface area is 92.1 Å². The molecule has 2 heterocycles. The molecule has 0 aliphatic carbocycles. The fourth-order valence-electron chi connectivity index (χ4n) is 2.41. The Morgan fingerprint density at radius 2 is 2.13 bits per heavy atom. The van der Waals surface area contributed by atoms with Crippen molar-refractivity contribution in [2.45, 2.75) is 38.1 Å². The standard InChI is InChI=1S/C10H20N2O2S/c13-15(14)9-3-7-12(15)8-5-10-4-1-2-6-11-10/h10-11H,1-9H2. The van der Waals surface area contributed by atoms with Crippen molar-refractivity contribution >= 4 is 10.0 Å². The summed E-state index contributed by atoms with van der Waals surface area (Å²) < 4.78 is 24.7. The number of nitrogens with zero attached hydrogens (tertiary/aromatic N) is 1. The van der Waals surface area contributed by atoms with Crippen molar-refractivity contribution in [2.24, 2.45) is 0 Å². The summed E-state index contributed by atoms with van der Waals surface area (Å²) in [6, 6.07) is 0.537. The quantitative estimate of drug-likeness (QED) is 0.773.